The van der Waals surface area contributed by atoms with Gasteiger partial charge in [0.2, 0.25) is 0 Å². The van der Waals surface area contributed by atoms with E-state index in [2.05, 4.69) is 10.2 Å². The van der Waals surface area contributed by atoms with Crippen LogP contribution in [0, 0.1) is 0 Å². The fourth-order valence-corrected chi connectivity index (χ4v) is 1.85. The highest BCUT2D eigenvalue weighted by atomic mass is 16.4. The zero-order valence-corrected chi connectivity index (χ0v) is 11.4. The van der Waals surface area contributed by atoms with Crippen LogP contribution >= 0.6 is 0 Å². The van der Waals surface area contributed by atoms with Gasteiger partial charge in [-0.3, -0.25) is 9.59 Å². The first-order chi connectivity index (χ1) is 9.31. The van der Waals surface area contributed by atoms with Crippen LogP contribution in [0.25, 0.3) is 5.52 Å². The van der Waals surface area contributed by atoms with Crippen LogP contribution in [0.1, 0.15) is 44.3 Å². The Labute approximate surface area is 114 Å². The second kappa shape index (κ2) is 5.04. The van der Waals surface area contributed by atoms with Crippen molar-refractivity contribution in [2.45, 2.75) is 39.3 Å². The molecule has 0 aliphatic carbocycles. The van der Waals surface area contributed by atoms with Crippen LogP contribution in [0.3, 0.4) is 0 Å². The van der Waals surface area contributed by atoms with Gasteiger partial charge in [0.05, 0.1) is 5.69 Å². The average molecular weight is 280 g/mol. The topological polar surface area (TPSA) is 110 Å². The van der Waals surface area contributed by atoms with Crippen molar-refractivity contribution < 1.29 is 15.0 Å². The molecule has 0 saturated carbocycles. The van der Waals surface area contributed by atoms with Gasteiger partial charge in [0.1, 0.15) is 18.2 Å². The maximum Gasteiger partial charge on any atom is 0.325 e. The Morgan fingerprint density at radius 2 is 2.00 bits per heavy atom. The quantitative estimate of drug-likeness (QED) is 0.825. The van der Waals surface area contributed by atoms with Crippen molar-refractivity contribution in [3.05, 3.63) is 27.9 Å². The minimum atomic E-state index is -1.18. The molecule has 8 nitrogen and oxygen atoms in total. The molecule has 1 atom stereocenters. The minimum Gasteiger partial charge on any atom is -0.480 e. The molecule has 108 valence electrons. The van der Waals surface area contributed by atoms with Gasteiger partial charge in [-0.15, -0.1) is 0 Å². The molecule has 0 aliphatic rings. The molecule has 0 amide bonds. The first-order valence-electron chi connectivity index (χ1n) is 6.21. The number of carboxylic acids is 1. The van der Waals surface area contributed by atoms with Gasteiger partial charge < -0.3 is 10.2 Å². The van der Waals surface area contributed by atoms with Gasteiger partial charge in [0, 0.05) is 0 Å². The molecule has 8 heteroatoms. The van der Waals surface area contributed by atoms with Gasteiger partial charge >= 0.3 is 5.97 Å². The zero-order valence-electron chi connectivity index (χ0n) is 11.4. The number of hydrogen-bond donors (Lipinski definition) is 2. The number of carboxylic acid groups (broad SMARTS) is 1. The van der Waals surface area contributed by atoms with Gasteiger partial charge in [0.25, 0.3) is 5.56 Å². The van der Waals surface area contributed by atoms with Crippen molar-refractivity contribution in [1.29, 1.82) is 0 Å². The number of rotatable bonds is 4. The van der Waals surface area contributed by atoms with Crippen LogP contribution in [0.15, 0.2) is 10.9 Å². The van der Waals surface area contributed by atoms with E-state index < -0.39 is 24.2 Å². The molecule has 0 aromatic carbocycles. The van der Waals surface area contributed by atoms with Gasteiger partial charge in [-0.1, -0.05) is 13.8 Å². The zero-order chi connectivity index (χ0) is 15.0. The fourth-order valence-electron chi connectivity index (χ4n) is 1.85. The van der Waals surface area contributed by atoms with Crippen LogP contribution in [0.5, 0.6) is 0 Å². The first-order valence-corrected chi connectivity index (χ1v) is 6.21. The molecule has 0 bridgehead atoms. The van der Waals surface area contributed by atoms with E-state index in [1.54, 1.807) is 6.07 Å². The number of nitrogens with zero attached hydrogens (tertiary/aromatic N) is 4. The molecule has 2 N–H and O–H groups in total. The van der Waals surface area contributed by atoms with Crippen molar-refractivity contribution in [3.8, 4) is 0 Å². The summed E-state index contributed by atoms with van der Waals surface area (Å²) < 4.78 is 2.10. The maximum atomic E-state index is 12.2. The van der Waals surface area contributed by atoms with E-state index in [0.29, 0.717) is 5.69 Å². The number of aliphatic hydroxyl groups is 1. The van der Waals surface area contributed by atoms with Crippen LogP contribution in [0.4, 0.5) is 0 Å². The number of hydrogen-bond acceptors (Lipinski definition) is 5. The van der Waals surface area contributed by atoms with E-state index >= 15 is 0 Å². The van der Waals surface area contributed by atoms with Crippen LogP contribution in [-0.4, -0.2) is 35.6 Å². The van der Waals surface area contributed by atoms with Gasteiger partial charge in [0.15, 0.2) is 5.82 Å². The summed E-state index contributed by atoms with van der Waals surface area (Å²) in [5.41, 5.74) is 0.343. The number of aliphatic hydroxyl groups excluding tert-OH is 1. The third-order valence-electron chi connectivity index (χ3n) is 2.87. The Bertz CT molecular complexity index is 714. The summed E-state index contributed by atoms with van der Waals surface area (Å²) in [7, 11) is 0. The SMILES string of the molecule is CC(C)c1cc2c(=O)n(CC(=O)O)nc(C(C)O)n2n1. The number of aromatic nitrogens is 4. The highest BCUT2D eigenvalue weighted by Crippen LogP contribution is 2.16. The predicted octanol–water partition coefficient (Wildman–Crippen LogP) is 0.152. The van der Waals surface area contributed by atoms with E-state index in [1.165, 1.54) is 11.4 Å². The summed E-state index contributed by atoms with van der Waals surface area (Å²) in [6.07, 6.45) is -0.974. The summed E-state index contributed by atoms with van der Waals surface area (Å²) in [4.78, 5) is 22.9. The summed E-state index contributed by atoms with van der Waals surface area (Å²) in [6, 6.07) is 1.60. The normalized spacial score (nSPS) is 13.1. The van der Waals surface area contributed by atoms with E-state index in [1.807, 2.05) is 13.8 Å². The minimum absolute atomic E-state index is 0.101. The summed E-state index contributed by atoms with van der Waals surface area (Å²) in [5.74, 6) is -0.944. The highest BCUT2D eigenvalue weighted by Gasteiger charge is 2.18. The van der Waals surface area contributed by atoms with Crippen molar-refractivity contribution in [2.75, 3.05) is 0 Å². The third kappa shape index (κ3) is 2.42. The fraction of sp³-hybridized carbons (Fsp3) is 0.500. The van der Waals surface area contributed by atoms with Crippen molar-refractivity contribution in [1.82, 2.24) is 19.4 Å². The molecule has 2 heterocycles. The Morgan fingerprint density at radius 3 is 2.50 bits per heavy atom. The van der Waals surface area contributed by atoms with Crippen LogP contribution in [-0.2, 0) is 11.3 Å². The standard InChI is InChI=1S/C12H16N4O4/c1-6(2)8-4-9-12(20)15(5-10(18)19)14-11(7(3)17)16(9)13-8/h4,6-7,17H,5H2,1-3H3,(H,18,19). The number of fused-ring (bicyclic) bond motifs is 1. The average Bonchev–Trinajstić information content (AvgIpc) is 2.77. The van der Waals surface area contributed by atoms with Crippen molar-refractivity contribution >= 4 is 11.5 Å². The Morgan fingerprint density at radius 1 is 1.35 bits per heavy atom. The molecule has 0 fully saturated rings. The third-order valence-corrected chi connectivity index (χ3v) is 2.87. The largest absolute Gasteiger partial charge is 0.480 e. The first kappa shape index (κ1) is 14.2. The monoisotopic (exact) mass is 280 g/mol. The Kier molecular flexibility index (Phi) is 3.58. The predicted molar refractivity (Wildman–Crippen MR) is 69.6 cm³/mol. The van der Waals surface area contributed by atoms with E-state index in [9.17, 15) is 14.7 Å². The lowest BCUT2D eigenvalue weighted by Crippen LogP contribution is -2.30. The lowest BCUT2D eigenvalue weighted by molar-refractivity contribution is -0.138. The molecular weight excluding hydrogens is 264 g/mol. The number of carbonyl (C=O) groups is 1. The van der Waals surface area contributed by atoms with Gasteiger partial charge in [-0.25, -0.2) is 9.20 Å². The lowest BCUT2D eigenvalue weighted by atomic mass is 10.1. The van der Waals surface area contributed by atoms with Gasteiger partial charge in [-0.2, -0.15) is 10.2 Å². The van der Waals surface area contributed by atoms with Crippen molar-refractivity contribution in [3.63, 3.8) is 0 Å². The van der Waals surface area contributed by atoms with E-state index in [-0.39, 0.29) is 17.3 Å². The molecule has 2 aromatic rings. The molecule has 2 aromatic heterocycles. The number of aliphatic carboxylic acids is 1. The molecule has 0 radical (unpaired) electrons. The molecule has 2 rings (SSSR count). The molecule has 0 saturated heterocycles. The Hall–Kier alpha value is -2.22. The van der Waals surface area contributed by atoms with Crippen LogP contribution < -0.4 is 5.56 Å². The molecular formula is C12H16N4O4. The second-order valence-electron chi connectivity index (χ2n) is 4.91. The Balaban J connectivity index is 2.77. The van der Waals surface area contributed by atoms with Crippen molar-refractivity contribution in [2.24, 2.45) is 0 Å². The lowest BCUT2D eigenvalue weighted by Gasteiger charge is -2.09. The van der Waals surface area contributed by atoms with Crippen LogP contribution in [0.2, 0.25) is 0 Å². The van der Waals surface area contributed by atoms with Gasteiger partial charge in [-0.05, 0) is 18.9 Å². The highest BCUT2D eigenvalue weighted by molar-refractivity contribution is 5.66. The van der Waals surface area contributed by atoms with E-state index in [4.69, 9.17) is 5.11 Å². The molecule has 0 aliphatic heterocycles. The smallest absolute Gasteiger partial charge is 0.325 e. The summed E-state index contributed by atoms with van der Waals surface area (Å²) in [6.45, 7) is 4.77. The molecule has 0 spiro atoms. The maximum absolute atomic E-state index is 12.2. The summed E-state index contributed by atoms with van der Waals surface area (Å²) >= 11 is 0. The molecule has 1 unspecified atom stereocenters. The summed E-state index contributed by atoms with van der Waals surface area (Å²) in [5, 5.41) is 26.7. The second-order valence-corrected chi connectivity index (χ2v) is 4.91. The van der Waals surface area contributed by atoms with E-state index in [0.717, 1.165) is 4.68 Å². The molecule has 20 heavy (non-hydrogen) atoms.